The molecule has 0 bridgehead atoms. The van der Waals surface area contributed by atoms with Gasteiger partial charge in [0.25, 0.3) is 0 Å². The number of rotatable bonds is 4. The van der Waals surface area contributed by atoms with Crippen LogP contribution in [-0.4, -0.2) is 34.3 Å². The highest BCUT2D eigenvalue weighted by molar-refractivity contribution is 5.85. The zero-order chi connectivity index (χ0) is 9.94. The van der Waals surface area contributed by atoms with Crippen LogP contribution in [0, 0.1) is 0 Å². The predicted molar refractivity (Wildman–Crippen MR) is 44.1 cm³/mol. The van der Waals surface area contributed by atoms with Gasteiger partial charge in [0.15, 0.2) is 6.10 Å². The maximum atomic E-state index is 12.2. The zero-order valence-electron chi connectivity index (χ0n) is 6.91. The smallest absolute Gasteiger partial charge is 0.334 e. The first-order chi connectivity index (χ1) is 5.24. The number of alkyl halides is 2. The Bertz CT molecular complexity index is 174. The molecule has 0 aliphatic carbocycles. The van der Waals surface area contributed by atoms with Gasteiger partial charge in [0.2, 0.25) is 5.92 Å². The van der Waals surface area contributed by atoms with Crippen molar-refractivity contribution in [2.24, 2.45) is 5.73 Å². The molecule has 0 saturated heterocycles. The SMILES string of the molecule is CC(F)(F)CC(N)C(O)C(=O)O.Cl. The highest BCUT2D eigenvalue weighted by Gasteiger charge is 2.31. The molecule has 0 amide bonds. The van der Waals surface area contributed by atoms with Crippen LogP contribution in [0.15, 0.2) is 0 Å². The number of carboxylic acid groups (broad SMARTS) is 1. The molecule has 0 aromatic heterocycles. The summed E-state index contributed by atoms with van der Waals surface area (Å²) in [5, 5.41) is 16.9. The van der Waals surface area contributed by atoms with E-state index in [0.717, 1.165) is 0 Å². The summed E-state index contributed by atoms with van der Waals surface area (Å²) in [7, 11) is 0. The molecule has 13 heavy (non-hydrogen) atoms. The molecule has 0 rings (SSSR count). The quantitative estimate of drug-likeness (QED) is 0.632. The molecule has 80 valence electrons. The fraction of sp³-hybridized carbons (Fsp3) is 0.833. The highest BCUT2D eigenvalue weighted by atomic mass is 35.5. The minimum absolute atomic E-state index is 0. The third-order valence-electron chi connectivity index (χ3n) is 1.25. The van der Waals surface area contributed by atoms with Gasteiger partial charge < -0.3 is 15.9 Å². The maximum Gasteiger partial charge on any atom is 0.334 e. The van der Waals surface area contributed by atoms with E-state index in [9.17, 15) is 13.6 Å². The largest absolute Gasteiger partial charge is 0.479 e. The topological polar surface area (TPSA) is 83.5 Å². The van der Waals surface area contributed by atoms with Gasteiger partial charge >= 0.3 is 5.97 Å². The van der Waals surface area contributed by atoms with E-state index in [-0.39, 0.29) is 12.4 Å². The number of nitrogens with two attached hydrogens (primary N) is 1. The van der Waals surface area contributed by atoms with Crippen molar-refractivity contribution >= 4 is 18.4 Å². The Balaban J connectivity index is 0. The minimum atomic E-state index is -3.06. The number of hydrogen-bond donors (Lipinski definition) is 3. The fourth-order valence-corrected chi connectivity index (χ4v) is 0.709. The van der Waals surface area contributed by atoms with Crippen LogP contribution in [0.4, 0.5) is 8.78 Å². The van der Waals surface area contributed by atoms with Gasteiger partial charge in [-0.3, -0.25) is 0 Å². The number of aliphatic hydroxyl groups is 1. The molecule has 2 unspecified atom stereocenters. The first kappa shape index (κ1) is 15.0. The first-order valence-corrected chi connectivity index (χ1v) is 3.28. The lowest BCUT2D eigenvalue weighted by Gasteiger charge is -2.18. The van der Waals surface area contributed by atoms with Crippen LogP contribution in [0.2, 0.25) is 0 Å². The summed E-state index contributed by atoms with van der Waals surface area (Å²) < 4.78 is 24.4. The Morgan fingerprint density at radius 1 is 1.62 bits per heavy atom. The molecule has 0 aliphatic rings. The van der Waals surface area contributed by atoms with Crippen molar-refractivity contribution in [3.8, 4) is 0 Å². The van der Waals surface area contributed by atoms with E-state index in [4.69, 9.17) is 15.9 Å². The van der Waals surface area contributed by atoms with Gasteiger partial charge in [-0.15, -0.1) is 12.4 Å². The Hall–Kier alpha value is -0.460. The van der Waals surface area contributed by atoms with Crippen molar-refractivity contribution in [3.63, 3.8) is 0 Å². The summed E-state index contributed by atoms with van der Waals surface area (Å²) in [5.74, 6) is -4.65. The molecular formula is C6H12ClF2NO3. The van der Waals surface area contributed by atoms with Gasteiger partial charge in [0.05, 0.1) is 0 Å². The van der Waals surface area contributed by atoms with Crippen molar-refractivity contribution in [1.29, 1.82) is 0 Å². The van der Waals surface area contributed by atoms with Crippen LogP contribution in [0.3, 0.4) is 0 Å². The molecule has 2 atom stereocenters. The van der Waals surface area contributed by atoms with Crippen molar-refractivity contribution in [2.45, 2.75) is 31.4 Å². The lowest BCUT2D eigenvalue weighted by atomic mass is 10.1. The highest BCUT2D eigenvalue weighted by Crippen LogP contribution is 2.19. The van der Waals surface area contributed by atoms with Crippen LogP contribution in [0.5, 0.6) is 0 Å². The van der Waals surface area contributed by atoms with Crippen molar-refractivity contribution in [3.05, 3.63) is 0 Å². The lowest BCUT2D eigenvalue weighted by molar-refractivity contribution is -0.148. The van der Waals surface area contributed by atoms with Gasteiger partial charge in [-0.25, -0.2) is 13.6 Å². The van der Waals surface area contributed by atoms with Crippen molar-refractivity contribution in [2.75, 3.05) is 0 Å². The van der Waals surface area contributed by atoms with E-state index in [1.165, 1.54) is 0 Å². The van der Waals surface area contributed by atoms with Crippen LogP contribution in [0.25, 0.3) is 0 Å². The molecule has 0 spiro atoms. The second-order valence-corrected chi connectivity index (χ2v) is 2.72. The second-order valence-electron chi connectivity index (χ2n) is 2.72. The van der Waals surface area contributed by atoms with Crippen LogP contribution >= 0.6 is 12.4 Å². The van der Waals surface area contributed by atoms with Gasteiger partial charge in [-0.2, -0.15) is 0 Å². The average Bonchev–Trinajstić information content (AvgIpc) is 1.82. The fourth-order valence-electron chi connectivity index (χ4n) is 0.709. The standard InChI is InChI=1S/C6H11F2NO3.ClH/c1-6(7,8)2-3(9)4(10)5(11)12;/h3-4,10H,2,9H2,1H3,(H,11,12);1H. The van der Waals surface area contributed by atoms with E-state index >= 15 is 0 Å². The summed E-state index contributed by atoms with van der Waals surface area (Å²) in [6.07, 6.45) is -2.78. The summed E-state index contributed by atoms with van der Waals surface area (Å²) in [6.45, 7) is 0.613. The van der Waals surface area contributed by atoms with E-state index in [1.807, 2.05) is 0 Å². The molecule has 4 nitrogen and oxygen atoms in total. The molecule has 4 N–H and O–H groups in total. The normalized spacial score (nSPS) is 15.8. The van der Waals surface area contributed by atoms with Crippen LogP contribution in [-0.2, 0) is 4.79 Å². The number of carbonyl (C=O) groups is 1. The summed E-state index contributed by atoms with van der Waals surface area (Å²) >= 11 is 0. The second kappa shape index (κ2) is 5.31. The first-order valence-electron chi connectivity index (χ1n) is 3.28. The molecule has 7 heteroatoms. The van der Waals surface area contributed by atoms with Gasteiger partial charge in [0, 0.05) is 12.5 Å². The number of carboxylic acids is 1. The van der Waals surface area contributed by atoms with E-state index in [2.05, 4.69) is 0 Å². The van der Waals surface area contributed by atoms with E-state index in [0.29, 0.717) is 6.92 Å². The lowest BCUT2D eigenvalue weighted by Crippen LogP contribution is -2.43. The molecule has 0 saturated carbocycles. The summed E-state index contributed by atoms with van der Waals surface area (Å²) in [6, 6.07) is -1.44. The van der Waals surface area contributed by atoms with Gasteiger partial charge in [-0.05, 0) is 6.92 Å². The molecule has 0 aliphatic heterocycles. The summed E-state index contributed by atoms with van der Waals surface area (Å²) in [5.41, 5.74) is 4.99. The minimum Gasteiger partial charge on any atom is -0.479 e. The Kier molecular flexibility index (Phi) is 6.14. The average molecular weight is 220 g/mol. The number of hydrogen-bond acceptors (Lipinski definition) is 3. The van der Waals surface area contributed by atoms with Crippen molar-refractivity contribution < 1.29 is 23.8 Å². The van der Waals surface area contributed by atoms with Crippen LogP contribution in [0.1, 0.15) is 13.3 Å². The monoisotopic (exact) mass is 219 g/mol. The number of aliphatic carboxylic acids is 1. The molecule has 0 fully saturated rings. The number of halogens is 3. The Morgan fingerprint density at radius 2 is 2.00 bits per heavy atom. The predicted octanol–water partition coefficient (Wildman–Crippen LogP) is 0.226. The van der Waals surface area contributed by atoms with E-state index < -0.39 is 30.5 Å². The molecule has 0 radical (unpaired) electrons. The Morgan fingerprint density at radius 3 is 2.23 bits per heavy atom. The molecule has 0 aromatic rings. The molecule has 0 aromatic carbocycles. The zero-order valence-corrected chi connectivity index (χ0v) is 7.72. The van der Waals surface area contributed by atoms with Crippen LogP contribution < -0.4 is 5.73 Å². The number of aliphatic hydroxyl groups excluding tert-OH is 1. The third kappa shape index (κ3) is 6.68. The van der Waals surface area contributed by atoms with E-state index in [1.54, 1.807) is 0 Å². The summed E-state index contributed by atoms with van der Waals surface area (Å²) in [4.78, 5) is 10.1. The van der Waals surface area contributed by atoms with Gasteiger partial charge in [-0.1, -0.05) is 0 Å². The molecular weight excluding hydrogens is 208 g/mol. The maximum absolute atomic E-state index is 12.2. The van der Waals surface area contributed by atoms with Gasteiger partial charge in [0.1, 0.15) is 0 Å². The molecule has 0 heterocycles. The van der Waals surface area contributed by atoms with Crippen molar-refractivity contribution in [1.82, 2.24) is 0 Å². The third-order valence-corrected chi connectivity index (χ3v) is 1.25. The Labute approximate surface area is 80.1 Å².